The summed E-state index contributed by atoms with van der Waals surface area (Å²) >= 11 is 0. The molecule has 1 N–H and O–H groups in total. The molecule has 1 saturated heterocycles. The molecule has 1 spiro atoms. The molecule has 0 radical (unpaired) electrons. The minimum absolute atomic E-state index is 0.114. The van der Waals surface area contributed by atoms with E-state index in [-0.39, 0.29) is 18.3 Å². The number of rotatable bonds is 1. The predicted molar refractivity (Wildman–Crippen MR) is 56.1 cm³/mol. The molecule has 2 rings (SSSR count). The van der Waals surface area contributed by atoms with Crippen LogP contribution in [0.4, 0.5) is 0 Å². The van der Waals surface area contributed by atoms with E-state index in [1.54, 1.807) is 0 Å². The van der Waals surface area contributed by atoms with E-state index in [1.165, 1.54) is 19.3 Å². The van der Waals surface area contributed by atoms with Crippen molar-refractivity contribution in [2.75, 3.05) is 6.61 Å². The van der Waals surface area contributed by atoms with Crippen LogP contribution in [0.2, 0.25) is 0 Å². The van der Waals surface area contributed by atoms with Crippen molar-refractivity contribution in [3.8, 4) is 0 Å². The third kappa shape index (κ3) is 1.70. The molecule has 2 aliphatic rings. The molecule has 1 aliphatic carbocycles. The molecule has 0 amide bonds. The Bertz CT molecular complexity index is 204. The van der Waals surface area contributed by atoms with E-state index in [0.29, 0.717) is 5.92 Å². The molecule has 1 heterocycles. The van der Waals surface area contributed by atoms with Crippen molar-refractivity contribution in [1.82, 2.24) is 0 Å². The van der Waals surface area contributed by atoms with Gasteiger partial charge >= 0.3 is 0 Å². The van der Waals surface area contributed by atoms with Gasteiger partial charge < -0.3 is 9.84 Å². The number of aliphatic hydroxyl groups excluding tert-OH is 1. The standard InChI is InChI=1S/C12H22O2/c1-9-3-4-10(2)12(7-9)6-5-11(8-13)14-12/h9-11,13H,3-8H2,1-2H3. The van der Waals surface area contributed by atoms with E-state index in [0.717, 1.165) is 18.8 Å². The molecule has 82 valence electrons. The highest BCUT2D eigenvalue weighted by Crippen LogP contribution is 2.47. The maximum Gasteiger partial charge on any atom is 0.0814 e. The smallest absolute Gasteiger partial charge is 0.0814 e. The lowest BCUT2D eigenvalue weighted by Crippen LogP contribution is -2.42. The van der Waals surface area contributed by atoms with Crippen LogP contribution in [-0.4, -0.2) is 23.4 Å². The molecule has 0 aromatic carbocycles. The zero-order valence-corrected chi connectivity index (χ0v) is 9.33. The summed E-state index contributed by atoms with van der Waals surface area (Å²) in [5.74, 6) is 1.47. The first-order valence-corrected chi connectivity index (χ1v) is 5.95. The summed E-state index contributed by atoms with van der Waals surface area (Å²) in [5, 5.41) is 9.11. The highest BCUT2D eigenvalue weighted by Gasteiger charge is 2.46. The van der Waals surface area contributed by atoms with Crippen molar-refractivity contribution < 1.29 is 9.84 Å². The fourth-order valence-corrected chi connectivity index (χ4v) is 3.19. The van der Waals surface area contributed by atoms with Gasteiger partial charge in [-0.05, 0) is 37.5 Å². The average molecular weight is 198 g/mol. The summed E-state index contributed by atoms with van der Waals surface area (Å²) in [6.45, 7) is 4.83. The Kier molecular flexibility index (Phi) is 2.85. The molecule has 14 heavy (non-hydrogen) atoms. The van der Waals surface area contributed by atoms with Crippen LogP contribution < -0.4 is 0 Å². The average Bonchev–Trinajstić information content (AvgIpc) is 2.57. The van der Waals surface area contributed by atoms with Gasteiger partial charge in [-0.2, -0.15) is 0 Å². The van der Waals surface area contributed by atoms with E-state index < -0.39 is 0 Å². The Labute approximate surface area is 86.6 Å². The van der Waals surface area contributed by atoms with Gasteiger partial charge in [0.15, 0.2) is 0 Å². The van der Waals surface area contributed by atoms with E-state index in [9.17, 15) is 0 Å². The maximum absolute atomic E-state index is 9.11. The summed E-state index contributed by atoms with van der Waals surface area (Å²) < 4.78 is 6.07. The van der Waals surface area contributed by atoms with Gasteiger partial charge in [0.05, 0.1) is 18.3 Å². The third-order valence-electron chi connectivity index (χ3n) is 4.18. The van der Waals surface area contributed by atoms with Gasteiger partial charge in [-0.25, -0.2) is 0 Å². The van der Waals surface area contributed by atoms with Gasteiger partial charge in [0.1, 0.15) is 0 Å². The minimum Gasteiger partial charge on any atom is -0.394 e. The Morgan fingerprint density at radius 3 is 2.71 bits per heavy atom. The number of hydrogen-bond acceptors (Lipinski definition) is 2. The van der Waals surface area contributed by atoms with Crippen LogP contribution in [0.15, 0.2) is 0 Å². The first kappa shape index (κ1) is 10.4. The van der Waals surface area contributed by atoms with Crippen LogP contribution in [0.25, 0.3) is 0 Å². The summed E-state index contributed by atoms with van der Waals surface area (Å²) in [7, 11) is 0. The number of ether oxygens (including phenoxy) is 1. The lowest BCUT2D eigenvalue weighted by molar-refractivity contribution is -0.116. The van der Waals surface area contributed by atoms with Crippen LogP contribution >= 0.6 is 0 Å². The van der Waals surface area contributed by atoms with Gasteiger partial charge in [0, 0.05) is 0 Å². The molecule has 1 saturated carbocycles. The van der Waals surface area contributed by atoms with Gasteiger partial charge in [-0.1, -0.05) is 20.3 Å². The van der Waals surface area contributed by atoms with Crippen LogP contribution in [0.5, 0.6) is 0 Å². The second kappa shape index (κ2) is 3.82. The Hall–Kier alpha value is -0.0800. The van der Waals surface area contributed by atoms with E-state index in [2.05, 4.69) is 13.8 Å². The highest BCUT2D eigenvalue weighted by molar-refractivity contribution is 4.96. The normalized spacial score (nSPS) is 48.6. The quantitative estimate of drug-likeness (QED) is 0.701. The Morgan fingerprint density at radius 2 is 2.07 bits per heavy atom. The summed E-state index contributed by atoms with van der Waals surface area (Å²) in [4.78, 5) is 0. The largest absolute Gasteiger partial charge is 0.394 e. The molecule has 2 fully saturated rings. The molecule has 1 aliphatic heterocycles. The molecule has 4 unspecified atom stereocenters. The molecule has 0 bridgehead atoms. The van der Waals surface area contributed by atoms with Gasteiger partial charge in [-0.3, -0.25) is 0 Å². The molecule has 4 atom stereocenters. The second-order valence-electron chi connectivity index (χ2n) is 5.31. The number of hydrogen-bond donors (Lipinski definition) is 1. The van der Waals surface area contributed by atoms with Crippen LogP contribution in [0, 0.1) is 11.8 Å². The highest BCUT2D eigenvalue weighted by atomic mass is 16.5. The topological polar surface area (TPSA) is 29.5 Å². The zero-order chi connectivity index (χ0) is 10.2. The molecular weight excluding hydrogens is 176 g/mol. The Balaban J connectivity index is 2.06. The summed E-state index contributed by atoms with van der Waals surface area (Å²) in [5.41, 5.74) is 0.116. The third-order valence-corrected chi connectivity index (χ3v) is 4.18. The van der Waals surface area contributed by atoms with Crippen LogP contribution in [0.1, 0.15) is 46.0 Å². The molecule has 2 heteroatoms. The second-order valence-corrected chi connectivity index (χ2v) is 5.31. The molecular formula is C12H22O2. The lowest BCUT2D eigenvalue weighted by Gasteiger charge is -2.42. The van der Waals surface area contributed by atoms with Crippen molar-refractivity contribution in [2.45, 2.75) is 57.7 Å². The van der Waals surface area contributed by atoms with Crippen molar-refractivity contribution in [1.29, 1.82) is 0 Å². The fraction of sp³-hybridized carbons (Fsp3) is 1.00. The summed E-state index contributed by atoms with van der Waals surface area (Å²) in [6.07, 6.45) is 6.15. The van der Waals surface area contributed by atoms with Crippen molar-refractivity contribution in [3.63, 3.8) is 0 Å². The fourth-order valence-electron chi connectivity index (χ4n) is 3.19. The minimum atomic E-state index is 0.114. The van der Waals surface area contributed by atoms with Crippen molar-refractivity contribution in [2.24, 2.45) is 11.8 Å². The van der Waals surface area contributed by atoms with Crippen molar-refractivity contribution in [3.05, 3.63) is 0 Å². The summed E-state index contributed by atoms with van der Waals surface area (Å²) in [6, 6.07) is 0. The van der Waals surface area contributed by atoms with Crippen LogP contribution in [-0.2, 0) is 4.74 Å². The molecule has 2 nitrogen and oxygen atoms in total. The van der Waals surface area contributed by atoms with E-state index in [1.807, 2.05) is 0 Å². The first-order valence-electron chi connectivity index (χ1n) is 5.95. The predicted octanol–water partition coefficient (Wildman–Crippen LogP) is 2.35. The van der Waals surface area contributed by atoms with Crippen LogP contribution in [0.3, 0.4) is 0 Å². The first-order chi connectivity index (χ1) is 6.66. The van der Waals surface area contributed by atoms with Gasteiger partial charge in [0.25, 0.3) is 0 Å². The Morgan fingerprint density at radius 1 is 1.29 bits per heavy atom. The zero-order valence-electron chi connectivity index (χ0n) is 9.33. The number of aliphatic hydroxyl groups is 1. The molecule has 0 aromatic rings. The SMILES string of the molecule is CC1CCC(C)C2(CCC(CO)O2)C1. The van der Waals surface area contributed by atoms with E-state index >= 15 is 0 Å². The lowest BCUT2D eigenvalue weighted by atomic mass is 9.71. The van der Waals surface area contributed by atoms with Crippen molar-refractivity contribution >= 4 is 0 Å². The molecule has 0 aromatic heterocycles. The monoisotopic (exact) mass is 198 g/mol. The van der Waals surface area contributed by atoms with E-state index in [4.69, 9.17) is 9.84 Å². The van der Waals surface area contributed by atoms with Gasteiger partial charge in [0.2, 0.25) is 0 Å². The maximum atomic E-state index is 9.11. The van der Waals surface area contributed by atoms with Gasteiger partial charge in [-0.15, -0.1) is 0 Å².